The standard InChI is InChI=1S/C16H20N2/c1-2-8-15-14(7-1)17-13-9-5-6-12(13)16(18-15)10-3-4-11-16/h1-2,7-8,12,18H,3-6,9-11H2. The molecule has 1 aromatic carbocycles. The van der Waals surface area contributed by atoms with Gasteiger partial charge in [-0.2, -0.15) is 0 Å². The minimum absolute atomic E-state index is 0.321. The molecule has 1 atom stereocenters. The highest BCUT2D eigenvalue weighted by Gasteiger charge is 2.46. The Labute approximate surface area is 109 Å². The van der Waals surface area contributed by atoms with Crippen LogP contribution in [0, 0.1) is 5.92 Å². The molecule has 0 bridgehead atoms. The van der Waals surface area contributed by atoms with Gasteiger partial charge in [0, 0.05) is 17.2 Å². The molecule has 2 heteroatoms. The van der Waals surface area contributed by atoms with E-state index in [2.05, 4.69) is 29.6 Å². The van der Waals surface area contributed by atoms with Gasteiger partial charge in [0.05, 0.1) is 11.4 Å². The Kier molecular flexibility index (Phi) is 2.26. The summed E-state index contributed by atoms with van der Waals surface area (Å²) in [5, 5.41) is 3.89. The molecule has 94 valence electrons. The van der Waals surface area contributed by atoms with Gasteiger partial charge in [0.2, 0.25) is 0 Å². The normalized spacial score (nSPS) is 28.2. The minimum atomic E-state index is 0.321. The van der Waals surface area contributed by atoms with Crippen molar-refractivity contribution in [2.75, 3.05) is 5.32 Å². The lowest BCUT2D eigenvalue weighted by atomic mass is 9.80. The van der Waals surface area contributed by atoms with Crippen molar-refractivity contribution < 1.29 is 0 Å². The SMILES string of the molecule is c1ccc2c(c1)N=C1CCCC1C1(CCCC1)N2. The predicted octanol–water partition coefficient (Wildman–Crippen LogP) is 4.30. The summed E-state index contributed by atoms with van der Waals surface area (Å²) in [6.07, 6.45) is 9.27. The van der Waals surface area contributed by atoms with E-state index in [0.717, 1.165) is 5.69 Å². The van der Waals surface area contributed by atoms with Crippen molar-refractivity contribution in [3.8, 4) is 0 Å². The minimum Gasteiger partial charge on any atom is -0.377 e. The van der Waals surface area contributed by atoms with Gasteiger partial charge in [-0.15, -0.1) is 0 Å². The van der Waals surface area contributed by atoms with Crippen molar-refractivity contribution >= 4 is 17.1 Å². The summed E-state index contributed by atoms with van der Waals surface area (Å²) in [4.78, 5) is 4.97. The fourth-order valence-corrected chi connectivity index (χ4v) is 4.22. The number of nitrogens with one attached hydrogen (secondary N) is 1. The van der Waals surface area contributed by atoms with E-state index in [4.69, 9.17) is 4.99 Å². The van der Waals surface area contributed by atoms with E-state index in [1.165, 1.54) is 56.3 Å². The zero-order valence-corrected chi connectivity index (χ0v) is 10.8. The maximum absolute atomic E-state index is 4.97. The molecule has 2 saturated carbocycles. The Balaban J connectivity index is 1.86. The van der Waals surface area contributed by atoms with Gasteiger partial charge >= 0.3 is 0 Å². The molecule has 3 aliphatic rings. The summed E-state index contributed by atoms with van der Waals surface area (Å²) in [7, 11) is 0. The first-order valence-corrected chi connectivity index (χ1v) is 7.32. The number of benzene rings is 1. The van der Waals surface area contributed by atoms with Crippen LogP contribution in [0.3, 0.4) is 0 Å². The number of hydrogen-bond acceptors (Lipinski definition) is 2. The van der Waals surface area contributed by atoms with Crippen LogP contribution >= 0.6 is 0 Å². The number of anilines is 1. The van der Waals surface area contributed by atoms with Crippen molar-refractivity contribution in [1.82, 2.24) is 0 Å². The third-order valence-corrected chi connectivity index (χ3v) is 5.04. The summed E-state index contributed by atoms with van der Waals surface area (Å²) in [6, 6.07) is 8.57. The van der Waals surface area contributed by atoms with E-state index in [1.807, 2.05) is 0 Å². The van der Waals surface area contributed by atoms with Crippen LogP contribution in [0.15, 0.2) is 29.3 Å². The number of hydrogen-bond donors (Lipinski definition) is 1. The molecule has 1 spiro atoms. The molecule has 18 heavy (non-hydrogen) atoms. The van der Waals surface area contributed by atoms with Crippen molar-refractivity contribution in [3.05, 3.63) is 24.3 Å². The zero-order valence-electron chi connectivity index (χ0n) is 10.8. The fraction of sp³-hybridized carbons (Fsp3) is 0.562. The summed E-state index contributed by atoms with van der Waals surface area (Å²) < 4.78 is 0. The van der Waals surface area contributed by atoms with E-state index >= 15 is 0 Å². The lowest BCUT2D eigenvalue weighted by Crippen LogP contribution is -2.44. The molecule has 1 N–H and O–H groups in total. The molecule has 1 aromatic rings. The molecular weight excluding hydrogens is 220 g/mol. The second-order valence-corrected chi connectivity index (χ2v) is 6.05. The van der Waals surface area contributed by atoms with Gasteiger partial charge in [-0.1, -0.05) is 25.0 Å². The van der Waals surface area contributed by atoms with Crippen molar-refractivity contribution in [2.45, 2.75) is 50.5 Å². The summed E-state index contributed by atoms with van der Waals surface area (Å²) in [5.41, 5.74) is 4.20. The first-order valence-electron chi connectivity index (χ1n) is 7.32. The molecule has 2 aliphatic carbocycles. The first-order chi connectivity index (χ1) is 8.87. The Hall–Kier alpha value is -1.31. The first kappa shape index (κ1) is 10.6. The lowest BCUT2D eigenvalue weighted by molar-refractivity contribution is 0.378. The van der Waals surface area contributed by atoms with Crippen LogP contribution in [0.5, 0.6) is 0 Å². The van der Waals surface area contributed by atoms with Crippen molar-refractivity contribution in [2.24, 2.45) is 10.9 Å². The average molecular weight is 240 g/mol. The highest BCUT2D eigenvalue weighted by Crippen LogP contribution is 2.48. The number of para-hydroxylation sites is 2. The summed E-state index contributed by atoms with van der Waals surface area (Å²) in [5.74, 6) is 0.687. The number of fused-ring (bicyclic) bond motifs is 3. The van der Waals surface area contributed by atoms with Crippen molar-refractivity contribution in [3.63, 3.8) is 0 Å². The van der Waals surface area contributed by atoms with Crippen LogP contribution in [-0.4, -0.2) is 11.3 Å². The van der Waals surface area contributed by atoms with E-state index < -0.39 is 0 Å². The second kappa shape index (κ2) is 3.84. The third kappa shape index (κ3) is 1.44. The van der Waals surface area contributed by atoms with E-state index in [0.29, 0.717) is 11.5 Å². The largest absolute Gasteiger partial charge is 0.377 e. The van der Waals surface area contributed by atoms with Crippen LogP contribution < -0.4 is 5.32 Å². The Bertz CT molecular complexity index is 498. The van der Waals surface area contributed by atoms with E-state index in [9.17, 15) is 0 Å². The molecule has 4 rings (SSSR count). The van der Waals surface area contributed by atoms with Crippen LogP contribution in [0.1, 0.15) is 44.9 Å². The molecule has 1 heterocycles. The van der Waals surface area contributed by atoms with Crippen LogP contribution in [0.25, 0.3) is 0 Å². The van der Waals surface area contributed by atoms with E-state index in [1.54, 1.807) is 0 Å². The quantitative estimate of drug-likeness (QED) is 0.718. The fourth-order valence-electron chi connectivity index (χ4n) is 4.22. The number of nitrogens with zero attached hydrogens (tertiary/aromatic N) is 1. The number of aliphatic imine (C=N–C) groups is 1. The van der Waals surface area contributed by atoms with Crippen LogP contribution in [-0.2, 0) is 0 Å². The van der Waals surface area contributed by atoms with E-state index in [-0.39, 0.29) is 0 Å². The summed E-state index contributed by atoms with van der Waals surface area (Å²) in [6.45, 7) is 0. The molecule has 0 amide bonds. The maximum atomic E-state index is 4.97. The van der Waals surface area contributed by atoms with Gasteiger partial charge in [-0.05, 0) is 44.2 Å². The molecule has 2 nitrogen and oxygen atoms in total. The zero-order chi connectivity index (χ0) is 12.0. The van der Waals surface area contributed by atoms with Gasteiger partial charge in [-0.25, -0.2) is 0 Å². The van der Waals surface area contributed by atoms with Gasteiger partial charge in [0.15, 0.2) is 0 Å². The maximum Gasteiger partial charge on any atom is 0.0860 e. The third-order valence-electron chi connectivity index (χ3n) is 5.04. The summed E-state index contributed by atoms with van der Waals surface area (Å²) >= 11 is 0. The molecule has 0 radical (unpaired) electrons. The topological polar surface area (TPSA) is 24.4 Å². The van der Waals surface area contributed by atoms with Gasteiger partial charge in [-0.3, -0.25) is 4.99 Å². The van der Waals surface area contributed by atoms with Crippen LogP contribution in [0.4, 0.5) is 11.4 Å². The molecule has 0 saturated heterocycles. The number of rotatable bonds is 0. The molecule has 0 aromatic heterocycles. The average Bonchev–Trinajstić information content (AvgIpc) is 2.99. The van der Waals surface area contributed by atoms with Gasteiger partial charge < -0.3 is 5.32 Å². The molecule has 1 aliphatic heterocycles. The molecule has 1 unspecified atom stereocenters. The highest BCUT2D eigenvalue weighted by molar-refractivity contribution is 5.95. The highest BCUT2D eigenvalue weighted by atomic mass is 15.0. The predicted molar refractivity (Wildman–Crippen MR) is 75.7 cm³/mol. The smallest absolute Gasteiger partial charge is 0.0860 e. The Morgan fingerprint density at radius 3 is 2.83 bits per heavy atom. The van der Waals surface area contributed by atoms with Crippen LogP contribution in [0.2, 0.25) is 0 Å². The Morgan fingerprint density at radius 1 is 1.11 bits per heavy atom. The second-order valence-electron chi connectivity index (χ2n) is 6.05. The van der Waals surface area contributed by atoms with Gasteiger partial charge in [0.25, 0.3) is 0 Å². The van der Waals surface area contributed by atoms with Gasteiger partial charge in [0.1, 0.15) is 0 Å². The molecular formula is C16H20N2. The Morgan fingerprint density at radius 2 is 1.94 bits per heavy atom. The monoisotopic (exact) mass is 240 g/mol. The lowest BCUT2D eigenvalue weighted by Gasteiger charge is -2.36. The molecule has 2 fully saturated rings. The van der Waals surface area contributed by atoms with Crippen molar-refractivity contribution in [1.29, 1.82) is 0 Å².